The van der Waals surface area contributed by atoms with Gasteiger partial charge in [0.05, 0.1) is 11.2 Å². The Hall–Kier alpha value is -0.694. The number of fused-ring (bicyclic) bond motifs is 1. The molecule has 6 heteroatoms. The molecule has 22 heavy (non-hydrogen) atoms. The van der Waals surface area contributed by atoms with Crippen molar-refractivity contribution in [3.63, 3.8) is 0 Å². The van der Waals surface area contributed by atoms with E-state index in [0.717, 1.165) is 34.3 Å². The van der Waals surface area contributed by atoms with Crippen LogP contribution in [0, 0.1) is 6.92 Å². The molecule has 0 atom stereocenters. The Morgan fingerprint density at radius 2 is 2.05 bits per heavy atom. The molecule has 2 heterocycles. The molecule has 0 spiro atoms. The van der Waals surface area contributed by atoms with E-state index in [1.807, 2.05) is 49.1 Å². The van der Waals surface area contributed by atoms with Crippen LogP contribution in [-0.2, 0) is 11.8 Å². The van der Waals surface area contributed by atoms with Gasteiger partial charge in [-0.2, -0.15) is 5.10 Å². The second kappa shape index (κ2) is 7.25. The molecule has 0 aliphatic carbocycles. The Balaban J connectivity index is 0.00000176. The fraction of sp³-hybridized carbons (Fsp3) is 0.125. The first-order chi connectivity index (χ1) is 10.1. The van der Waals surface area contributed by atoms with Gasteiger partial charge in [0, 0.05) is 29.2 Å². The van der Waals surface area contributed by atoms with Crippen LogP contribution in [0.3, 0.4) is 0 Å². The second-order valence-corrected chi connectivity index (χ2v) is 5.27. The first-order valence-corrected chi connectivity index (χ1v) is 6.92. The standard InChI is InChI=1S/C16H14ClN3O.K.H/c1-11-14(4-3-9-21)16(19(2)18-11)20-8-7-12-10-13(17)5-6-15(12)20;;/h3-10H,1-2H3;;/b4-3+;;. The summed E-state index contributed by atoms with van der Waals surface area (Å²) < 4.78 is 3.87. The second-order valence-electron chi connectivity index (χ2n) is 4.83. The van der Waals surface area contributed by atoms with E-state index in [-0.39, 0.29) is 51.4 Å². The molecule has 4 nitrogen and oxygen atoms in total. The monoisotopic (exact) mass is 339 g/mol. The third-order valence-electron chi connectivity index (χ3n) is 3.46. The molecular weight excluding hydrogens is 325 g/mol. The molecule has 3 aromatic rings. The van der Waals surface area contributed by atoms with Gasteiger partial charge in [0.15, 0.2) is 0 Å². The quantitative estimate of drug-likeness (QED) is 0.418. The molecule has 0 saturated heterocycles. The summed E-state index contributed by atoms with van der Waals surface area (Å²) >= 11 is 6.03. The first kappa shape index (κ1) is 17.7. The molecule has 0 aliphatic heterocycles. The number of hydrogen-bond acceptors (Lipinski definition) is 2. The molecule has 0 amide bonds. The Kier molecular flexibility index (Phi) is 5.82. The van der Waals surface area contributed by atoms with Crippen LogP contribution in [0.15, 0.2) is 36.5 Å². The molecule has 3 rings (SSSR count). The summed E-state index contributed by atoms with van der Waals surface area (Å²) in [5, 5.41) is 6.22. The van der Waals surface area contributed by atoms with E-state index in [2.05, 4.69) is 9.67 Å². The van der Waals surface area contributed by atoms with Gasteiger partial charge in [0.2, 0.25) is 0 Å². The number of aryl methyl sites for hydroxylation is 2. The first-order valence-electron chi connectivity index (χ1n) is 6.54. The minimum atomic E-state index is 0. The number of aromatic nitrogens is 3. The number of nitrogens with zero attached hydrogens (tertiary/aromatic N) is 3. The van der Waals surface area contributed by atoms with Crippen molar-refractivity contribution < 1.29 is 4.79 Å². The zero-order chi connectivity index (χ0) is 15.0. The third-order valence-corrected chi connectivity index (χ3v) is 3.69. The molecule has 0 aliphatic rings. The van der Waals surface area contributed by atoms with Crippen molar-refractivity contribution in [3.8, 4) is 5.82 Å². The van der Waals surface area contributed by atoms with Crippen molar-refractivity contribution >= 4 is 86.3 Å². The maximum atomic E-state index is 10.6. The van der Waals surface area contributed by atoms with Crippen molar-refractivity contribution in [2.75, 3.05) is 0 Å². The number of hydrogen-bond donors (Lipinski definition) is 0. The van der Waals surface area contributed by atoms with E-state index in [1.165, 1.54) is 6.08 Å². The van der Waals surface area contributed by atoms with Gasteiger partial charge in [-0.3, -0.25) is 9.48 Å². The van der Waals surface area contributed by atoms with E-state index in [9.17, 15) is 4.79 Å². The van der Waals surface area contributed by atoms with Gasteiger partial charge < -0.3 is 4.57 Å². The molecule has 0 unspecified atom stereocenters. The predicted octanol–water partition coefficient (Wildman–Crippen LogP) is 2.89. The van der Waals surface area contributed by atoms with E-state index in [1.54, 1.807) is 6.08 Å². The van der Waals surface area contributed by atoms with E-state index in [4.69, 9.17) is 11.6 Å². The van der Waals surface area contributed by atoms with Gasteiger partial charge in [0.1, 0.15) is 12.1 Å². The number of aldehydes is 1. The number of allylic oxidation sites excluding steroid dienone is 1. The summed E-state index contributed by atoms with van der Waals surface area (Å²) in [4.78, 5) is 10.6. The van der Waals surface area contributed by atoms with Gasteiger partial charge in [-0.15, -0.1) is 0 Å². The zero-order valence-electron chi connectivity index (χ0n) is 11.7. The molecule has 1 aromatic carbocycles. The van der Waals surface area contributed by atoms with Gasteiger partial charge in [-0.25, -0.2) is 0 Å². The minimum absolute atomic E-state index is 0. The van der Waals surface area contributed by atoms with Crippen molar-refractivity contribution in [3.05, 3.63) is 52.8 Å². The average Bonchev–Trinajstić information content (AvgIpc) is 2.96. The fourth-order valence-corrected chi connectivity index (χ4v) is 2.76. The number of benzene rings is 1. The number of rotatable bonds is 3. The normalized spacial score (nSPS) is 11.0. The van der Waals surface area contributed by atoms with E-state index < -0.39 is 0 Å². The van der Waals surface area contributed by atoms with Crippen LogP contribution in [0.5, 0.6) is 0 Å². The molecular formula is C16H15ClKN3O. The summed E-state index contributed by atoms with van der Waals surface area (Å²) in [6.07, 6.45) is 6.02. The fourth-order valence-electron chi connectivity index (χ4n) is 2.58. The summed E-state index contributed by atoms with van der Waals surface area (Å²) in [7, 11) is 1.89. The Morgan fingerprint density at radius 3 is 2.77 bits per heavy atom. The summed E-state index contributed by atoms with van der Waals surface area (Å²) in [6.45, 7) is 1.93. The van der Waals surface area contributed by atoms with Crippen LogP contribution < -0.4 is 0 Å². The van der Waals surface area contributed by atoms with E-state index in [0.29, 0.717) is 5.02 Å². The van der Waals surface area contributed by atoms with Crippen LogP contribution in [0.2, 0.25) is 5.02 Å². The molecule has 0 radical (unpaired) electrons. The number of carbonyl (C=O) groups is 1. The maximum absolute atomic E-state index is 10.6. The van der Waals surface area contributed by atoms with Crippen LogP contribution in [0.1, 0.15) is 11.3 Å². The predicted molar refractivity (Wildman–Crippen MR) is 92.0 cm³/mol. The van der Waals surface area contributed by atoms with Gasteiger partial charge in [0.25, 0.3) is 0 Å². The SMILES string of the molecule is Cc1nn(C)c(-n2ccc3cc(Cl)ccc32)c1/C=C/C=O.[KH]. The van der Waals surface area contributed by atoms with Crippen molar-refractivity contribution in [2.24, 2.45) is 7.05 Å². The Bertz CT molecular complexity index is 864. The molecule has 0 N–H and O–H groups in total. The molecule has 0 bridgehead atoms. The van der Waals surface area contributed by atoms with Gasteiger partial charge >= 0.3 is 51.4 Å². The molecule has 0 saturated carbocycles. The third kappa shape index (κ3) is 3.15. The topological polar surface area (TPSA) is 39.8 Å². The Morgan fingerprint density at radius 1 is 1.27 bits per heavy atom. The summed E-state index contributed by atoms with van der Waals surface area (Å²) in [6, 6.07) is 7.78. The van der Waals surface area contributed by atoms with Crippen molar-refractivity contribution in [1.82, 2.24) is 14.3 Å². The van der Waals surface area contributed by atoms with Gasteiger partial charge in [-0.05, 0) is 43.3 Å². The summed E-state index contributed by atoms with van der Waals surface area (Å²) in [5.74, 6) is 0.919. The van der Waals surface area contributed by atoms with Gasteiger partial charge in [-0.1, -0.05) is 11.6 Å². The molecule has 108 valence electrons. The number of carbonyl (C=O) groups excluding carboxylic acids is 1. The average molecular weight is 340 g/mol. The summed E-state index contributed by atoms with van der Waals surface area (Å²) in [5.41, 5.74) is 2.85. The van der Waals surface area contributed by atoms with Crippen LogP contribution in [-0.4, -0.2) is 72.0 Å². The van der Waals surface area contributed by atoms with Crippen LogP contribution >= 0.6 is 11.6 Å². The zero-order valence-corrected chi connectivity index (χ0v) is 12.5. The molecule has 2 aromatic heterocycles. The van der Waals surface area contributed by atoms with Crippen molar-refractivity contribution in [2.45, 2.75) is 6.92 Å². The van der Waals surface area contributed by atoms with Crippen LogP contribution in [0.25, 0.3) is 22.8 Å². The van der Waals surface area contributed by atoms with Crippen LogP contribution in [0.4, 0.5) is 0 Å². The Labute approximate surface area is 176 Å². The molecule has 0 fully saturated rings. The van der Waals surface area contributed by atoms with E-state index >= 15 is 0 Å². The number of halogens is 1. The van der Waals surface area contributed by atoms with Crippen molar-refractivity contribution in [1.29, 1.82) is 0 Å².